The van der Waals surface area contributed by atoms with Crippen LogP contribution in [0.15, 0.2) is 96.0 Å². The highest BCUT2D eigenvalue weighted by Gasteiger charge is 2.22. The second kappa shape index (κ2) is 11.9. The van der Waals surface area contributed by atoms with Gasteiger partial charge in [0.1, 0.15) is 0 Å². The lowest BCUT2D eigenvalue weighted by molar-refractivity contribution is -0.384. The number of benzene rings is 4. The topological polar surface area (TPSA) is 133 Å². The first-order valence-electron chi connectivity index (χ1n) is 13.2. The SMILES string of the molecule is CCOc1ccc(-c2ccc3c(c2)c(C(=O)NS(=O)(=O)c2ccc(CNc4cccc([N+](=O)[O-])c4)cc2)cn3C)cc1F. The fraction of sp³-hybridized carbons (Fsp3) is 0.129. The number of ether oxygens (including phenoxy) is 1. The summed E-state index contributed by atoms with van der Waals surface area (Å²) in [7, 11) is -2.47. The van der Waals surface area contributed by atoms with Gasteiger partial charge in [0.05, 0.1) is 22.0 Å². The Kier molecular flexibility index (Phi) is 8.13. The highest BCUT2D eigenvalue weighted by atomic mass is 32.2. The Hall–Kier alpha value is -5.23. The van der Waals surface area contributed by atoms with Gasteiger partial charge in [-0.3, -0.25) is 14.9 Å². The van der Waals surface area contributed by atoms with Crippen LogP contribution in [0.5, 0.6) is 5.75 Å². The molecule has 0 atom stereocenters. The van der Waals surface area contributed by atoms with Crippen LogP contribution in [0.4, 0.5) is 15.8 Å². The average molecular weight is 603 g/mol. The summed E-state index contributed by atoms with van der Waals surface area (Å²) in [5, 5.41) is 14.5. The number of aromatic nitrogens is 1. The monoisotopic (exact) mass is 602 g/mol. The molecule has 12 heteroatoms. The van der Waals surface area contributed by atoms with E-state index in [0.29, 0.717) is 40.9 Å². The number of carbonyl (C=O) groups excluding carboxylic acids is 1. The Morgan fingerprint density at radius 2 is 1.72 bits per heavy atom. The molecule has 5 aromatic rings. The largest absolute Gasteiger partial charge is 0.491 e. The molecule has 220 valence electrons. The Bertz CT molecular complexity index is 1960. The quantitative estimate of drug-likeness (QED) is 0.148. The maximum Gasteiger partial charge on any atom is 0.271 e. The average Bonchev–Trinajstić information content (AvgIpc) is 3.33. The number of carbonyl (C=O) groups is 1. The van der Waals surface area contributed by atoms with E-state index in [4.69, 9.17) is 4.74 Å². The van der Waals surface area contributed by atoms with E-state index in [9.17, 15) is 27.7 Å². The van der Waals surface area contributed by atoms with E-state index in [1.54, 1.807) is 79.3 Å². The van der Waals surface area contributed by atoms with Gasteiger partial charge >= 0.3 is 0 Å². The number of anilines is 1. The lowest BCUT2D eigenvalue weighted by Gasteiger charge is -2.10. The van der Waals surface area contributed by atoms with Crippen LogP contribution in [-0.2, 0) is 23.6 Å². The van der Waals surface area contributed by atoms with E-state index in [1.165, 1.54) is 30.3 Å². The minimum Gasteiger partial charge on any atom is -0.491 e. The molecule has 0 unspecified atom stereocenters. The molecule has 0 saturated heterocycles. The lowest BCUT2D eigenvalue weighted by atomic mass is 10.0. The summed E-state index contributed by atoms with van der Waals surface area (Å²) in [6.45, 7) is 2.39. The second-order valence-corrected chi connectivity index (χ2v) is 11.4. The van der Waals surface area contributed by atoms with Crippen molar-refractivity contribution in [2.45, 2.75) is 18.4 Å². The Morgan fingerprint density at radius 1 is 1.00 bits per heavy atom. The standard InChI is InChI=1S/C31H27FN4O6S/c1-3-42-30-14-10-22(16-28(30)32)21-9-13-29-26(15-21)27(19-35(29)2)31(37)34-43(40,41)25-11-7-20(8-12-25)18-33-23-5-4-6-24(17-23)36(38)39/h4-17,19,33H,3,18H2,1-2H3,(H,34,37). The molecule has 0 aliphatic carbocycles. The predicted octanol–water partition coefficient (Wildman–Crippen LogP) is 6.02. The zero-order valence-electron chi connectivity index (χ0n) is 23.2. The third-order valence-electron chi connectivity index (χ3n) is 6.81. The molecule has 43 heavy (non-hydrogen) atoms. The zero-order chi connectivity index (χ0) is 30.7. The van der Waals surface area contributed by atoms with Gasteiger partial charge in [0.2, 0.25) is 0 Å². The molecule has 5 rings (SSSR count). The van der Waals surface area contributed by atoms with Crippen molar-refractivity contribution in [3.63, 3.8) is 0 Å². The molecule has 0 aliphatic rings. The summed E-state index contributed by atoms with van der Waals surface area (Å²) in [5.74, 6) is -1.18. The molecule has 1 heterocycles. The smallest absolute Gasteiger partial charge is 0.271 e. The van der Waals surface area contributed by atoms with E-state index in [0.717, 1.165) is 5.56 Å². The fourth-order valence-electron chi connectivity index (χ4n) is 4.66. The molecule has 1 amide bonds. The third-order valence-corrected chi connectivity index (χ3v) is 8.16. The summed E-state index contributed by atoms with van der Waals surface area (Å²) in [5.41, 5.74) is 3.28. The van der Waals surface area contributed by atoms with E-state index < -0.39 is 26.7 Å². The van der Waals surface area contributed by atoms with Crippen molar-refractivity contribution in [1.82, 2.24) is 9.29 Å². The lowest BCUT2D eigenvalue weighted by Crippen LogP contribution is -2.30. The first-order chi connectivity index (χ1) is 20.6. The number of fused-ring (bicyclic) bond motifs is 1. The number of nitro groups is 1. The molecule has 0 fully saturated rings. The van der Waals surface area contributed by atoms with Gasteiger partial charge in [-0.25, -0.2) is 17.5 Å². The molecule has 4 aromatic carbocycles. The molecule has 10 nitrogen and oxygen atoms in total. The maximum atomic E-state index is 14.5. The summed E-state index contributed by atoms with van der Waals surface area (Å²) in [6.07, 6.45) is 1.54. The Morgan fingerprint density at radius 3 is 2.42 bits per heavy atom. The van der Waals surface area contributed by atoms with Gasteiger partial charge in [-0.15, -0.1) is 0 Å². The van der Waals surface area contributed by atoms with Crippen molar-refractivity contribution in [2.75, 3.05) is 11.9 Å². The van der Waals surface area contributed by atoms with Gasteiger partial charge < -0.3 is 14.6 Å². The Balaban J connectivity index is 1.33. The number of rotatable bonds is 10. The number of halogens is 1. The number of non-ortho nitro benzene ring substituents is 1. The molecule has 0 saturated carbocycles. The van der Waals surface area contributed by atoms with Crippen LogP contribution >= 0.6 is 0 Å². The van der Waals surface area contributed by atoms with Crippen LogP contribution in [0.3, 0.4) is 0 Å². The summed E-state index contributed by atoms with van der Waals surface area (Å²) < 4.78 is 49.8. The van der Waals surface area contributed by atoms with Crippen LogP contribution in [0.1, 0.15) is 22.8 Å². The van der Waals surface area contributed by atoms with Crippen LogP contribution in [0.2, 0.25) is 0 Å². The van der Waals surface area contributed by atoms with Crippen LogP contribution in [0, 0.1) is 15.9 Å². The molecule has 1 aromatic heterocycles. The highest BCUT2D eigenvalue weighted by molar-refractivity contribution is 7.90. The molecule has 0 bridgehead atoms. The fourth-order valence-corrected chi connectivity index (χ4v) is 5.63. The predicted molar refractivity (Wildman–Crippen MR) is 161 cm³/mol. The Labute approximate surface area is 246 Å². The van der Waals surface area contributed by atoms with Crippen molar-refractivity contribution in [1.29, 1.82) is 0 Å². The normalized spacial score (nSPS) is 11.3. The van der Waals surface area contributed by atoms with Gasteiger partial charge in [-0.05, 0) is 66.1 Å². The minimum atomic E-state index is -4.21. The second-order valence-electron chi connectivity index (χ2n) is 9.70. The van der Waals surface area contributed by atoms with E-state index in [2.05, 4.69) is 10.0 Å². The van der Waals surface area contributed by atoms with Crippen LogP contribution in [-0.4, -0.2) is 30.4 Å². The first kappa shape index (κ1) is 29.3. The number of amides is 1. The molecule has 0 radical (unpaired) electrons. The van der Waals surface area contributed by atoms with Gasteiger partial charge in [0, 0.05) is 48.5 Å². The van der Waals surface area contributed by atoms with Gasteiger partial charge in [-0.2, -0.15) is 0 Å². The van der Waals surface area contributed by atoms with E-state index in [1.807, 2.05) is 0 Å². The minimum absolute atomic E-state index is 0.0466. The van der Waals surface area contributed by atoms with Crippen molar-refractivity contribution in [3.05, 3.63) is 118 Å². The van der Waals surface area contributed by atoms with Crippen LogP contribution in [0.25, 0.3) is 22.0 Å². The highest BCUT2D eigenvalue weighted by Crippen LogP contribution is 2.30. The number of nitro benzene ring substituents is 1. The van der Waals surface area contributed by atoms with Crippen molar-refractivity contribution in [2.24, 2.45) is 7.05 Å². The van der Waals surface area contributed by atoms with Gasteiger partial charge in [-0.1, -0.05) is 30.3 Å². The zero-order valence-corrected chi connectivity index (χ0v) is 24.0. The summed E-state index contributed by atoms with van der Waals surface area (Å²) >= 11 is 0. The van der Waals surface area contributed by atoms with Gasteiger partial charge in [0.15, 0.2) is 11.6 Å². The number of hydrogen-bond acceptors (Lipinski definition) is 7. The summed E-state index contributed by atoms with van der Waals surface area (Å²) in [6, 6.07) is 21.9. The van der Waals surface area contributed by atoms with Crippen molar-refractivity contribution in [3.8, 4) is 16.9 Å². The maximum absolute atomic E-state index is 14.5. The number of aryl methyl sites for hydroxylation is 1. The van der Waals surface area contributed by atoms with Gasteiger partial charge in [0.25, 0.3) is 21.6 Å². The molecular weight excluding hydrogens is 575 g/mol. The number of nitrogens with one attached hydrogen (secondary N) is 2. The first-order valence-corrected chi connectivity index (χ1v) is 14.7. The molecule has 0 spiro atoms. The molecule has 2 N–H and O–H groups in total. The third kappa shape index (κ3) is 6.33. The summed E-state index contributed by atoms with van der Waals surface area (Å²) in [4.78, 5) is 23.6. The van der Waals surface area contributed by atoms with Crippen molar-refractivity contribution >= 4 is 38.2 Å². The molecule has 0 aliphatic heterocycles. The number of sulfonamides is 1. The molecular formula is C31H27FN4O6S. The van der Waals surface area contributed by atoms with Crippen LogP contribution < -0.4 is 14.8 Å². The van der Waals surface area contributed by atoms with E-state index in [-0.39, 0.29) is 21.9 Å². The van der Waals surface area contributed by atoms with Crippen molar-refractivity contribution < 1.29 is 27.3 Å². The number of hydrogen-bond donors (Lipinski definition) is 2. The van der Waals surface area contributed by atoms with E-state index >= 15 is 0 Å². The number of nitrogens with zero attached hydrogens (tertiary/aromatic N) is 2.